The van der Waals surface area contributed by atoms with Crippen molar-refractivity contribution in [2.75, 3.05) is 0 Å². The molecule has 6 aromatic heterocycles. The van der Waals surface area contributed by atoms with Crippen LogP contribution in [0.1, 0.15) is 0 Å². The van der Waals surface area contributed by atoms with Gasteiger partial charge in [-0.25, -0.2) is 39.9 Å². The van der Waals surface area contributed by atoms with Gasteiger partial charge in [0.1, 0.15) is 0 Å². The fraction of sp³-hybridized carbons (Fsp3) is 0. The fourth-order valence-electron chi connectivity index (χ4n) is 18.1. The van der Waals surface area contributed by atoms with Crippen LogP contribution in [-0.2, 0) is 0 Å². The number of fused-ring (bicyclic) bond motifs is 15. The van der Waals surface area contributed by atoms with Gasteiger partial charge in [0.25, 0.3) is 0 Å². The summed E-state index contributed by atoms with van der Waals surface area (Å²) in [6.07, 6.45) is 0. The fourth-order valence-corrected chi connectivity index (χ4v) is 18.1. The average Bonchev–Trinajstić information content (AvgIpc) is 1.54. The summed E-state index contributed by atoms with van der Waals surface area (Å²) in [5.74, 6) is 4.65. The first-order valence-corrected chi connectivity index (χ1v) is 42.0. The van der Waals surface area contributed by atoms with Crippen LogP contribution in [0.5, 0.6) is 0 Å². The van der Waals surface area contributed by atoms with Gasteiger partial charge in [-0.1, -0.05) is 346 Å². The minimum atomic E-state index is 0.646. The molecule has 0 N–H and O–H groups in total. The van der Waals surface area contributed by atoms with Gasteiger partial charge >= 0.3 is 0 Å². The number of hydrogen-bond donors (Lipinski definition) is 0. The van der Waals surface area contributed by atoms with E-state index in [-0.39, 0.29) is 0 Å². The van der Waals surface area contributed by atoms with E-state index in [1.54, 1.807) is 0 Å². The molecule has 0 atom stereocenters. The summed E-state index contributed by atoms with van der Waals surface area (Å²) in [5, 5.41) is 12.6. The zero-order chi connectivity index (χ0) is 82.7. The Balaban J connectivity index is 0.000000109. The molecule has 25 rings (SSSR count). The van der Waals surface area contributed by atoms with E-state index in [0.717, 1.165) is 84.0 Å². The predicted octanol–water partition coefficient (Wildman–Crippen LogP) is 28.5. The highest BCUT2D eigenvalue weighted by Gasteiger charge is 2.27. The maximum Gasteiger partial charge on any atom is 0.164 e. The molecule has 0 fully saturated rings. The van der Waals surface area contributed by atoms with Crippen LogP contribution in [0.3, 0.4) is 0 Å². The summed E-state index contributed by atoms with van der Waals surface area (Å²) in [4.78, 5) is 39.5. The van der Waals surface area contributed by atoms with E-state index in [2.05, 4.69) is 299 Å². The molecule has 24 aromatic rings. The smallest absolute Gasteiger partial charge is 0.164 e. The molecule has 11 heteroatoms. The first kappa shape index (κ1) is 73.1. The molecule has 6 heterocycles. The van der Waals surface area contributed by atoms with Crippen LogP contribution in [0.15, 0.2) is 443 Å². The zero-order valence-corrected chi connectivity index (χ0v) is 67.6. The summed E-state index contributed by atoms with van der Waals surface area (Å²) in [6, 6.07) is 154. The minimum absolute atomic E-state index is 0.646. The van der Waals surface area contributed by atoms with Crippen molar-refractivity contribution in [3.8, 4) is 142 Å². The SMILES string of the molecule is c1ccc(-c2cc(-c3ccccc3)nc(-c3ccc(-n4c5ccccc5c5ccc6ccccc6c54)cc3)n2)cc1.c1ccc(-c2nc(-c3ccccc3)nc(-c3ccc(-n4c5ccccc5c5ccccc54)cc3)n2)cc1.c1ccc(-c2nc(-c3ccccc3)nc(-c3ccc4c5c6cccc7c6c(cc5n(-c5ccccc5)c4c3)-c3ccccc3-7)n2)cc1. The summed E-state index contributed by atoms with van der Waals surface area (Å²) in [5.41, 5.74) is 26.3. The van der Waals surface area contributed by atoms with Crippen molar-refractivity contribution < 1.29 is 0 Å². The van der Waals surface area contributed by atoms with Crippen molar-refractivity contribution in [2.45, 2.75) is 0 Å². The van der Waals surface area contributed by atoms with Crippen LogP contribution in [0.4, 0.5) is 0 Å². The number of hydrogen-bond acceptors (Lipinski definition) is 8. The van der Waals surface area contributed by atoms with Gasteiger partial charge in [0, 0.05) is 105 Å². The number of benzene rings is 18. The van der Waals surface area contributed by atoms with Gasteiger partial charge in [-0.15, -0.1) is 0 Å². The number of para-hydroxylation sites is 4. The van der Waals surface area contributed by atoms with E-state index in [1.165, 1.54) is 104 Å². The first-order chi connectivity index (χ1) is 62.0. The summed E-state index contributed by atoms with van der Waals surface area (Å²) >= 11 is 0. The Hall–Kier alpha value is -17.0. The van der Waals surface area contributed by atoms with Crippen LogP contribution in [-0.4, -0.2) is 53.6 Å². The largest absolute Gasteiger partial charge is 0.309 e. The Bertz CT molecular complexity index is 8000. The zero-order valence-electron chi connectivity index (χ0n) is 67.6. The van der Waals surface area contributed by atoms with Gasteiger partial charge in [-0.05, 0) is 135 Å². The van der Waals surface area contributed by atoms with Gasteiger partial charge in [0.2, 0.25) is 0 Å². The molecule has 0 spiro atoms. The standard InChI is InChI=1S/C43H26N4.C38H25N3.C33H22N4/c1-4-13-27(14-5-1)41-44-42(28-15-6-2-7-16-28)46-43(45-41)29-23-24-34-37(25-29)47(30-17-8-3-9-18-30)38-26-36-32-20-11-10-19-31(32)33-21-12-22-35(39(33)36)40(34)38;1-3-12-27(13-4-1)34-25-35(28-14-5-2-6-15-28)40-38(39-34)29-19-22-30(23-20-29)41-36-18-10-9-17-32(36)33-24-21-26-11-7-8-16-31(26)37(33)41;1-3-11-23(12-4-1)31-34-32(24-13-5-2-6-14-24)36-33(35-31)25-19-21-26(22-20-25)37-29-17-9-7-15-27(29)28-16-8-10-18-30(28)37/h1-26H;1-25H;1-22H. The molecule has 0 aliphatic heterocycles. The normalized spacial score (nSPS) is 11.5. The molecule has 0 unspecified atom stereocenters. The molecule has 11 nitrogen and oxygen atoms in total. The molecular formula is C114H73N11. The lowest BCUT2D eigenvalue weighted by atomic mass is 9.98. The third-order valence-corrected chi connectivity index (χ3v) is 23.8. The number of rotatable bonds is 12. The third-order valence-electron chi connectivity index (χ3n) is 23.8. The summed E-state index contributed by atoms with van der Waals surface area (Å²) < 4.78 is 7.09. The molecule has 0 amide bonds. The molecule has 125 heavy (non-hydrogen) atoms. The summed E-state index contributed by atoms with van der Waals surface area (Å²) in [7, 11) is 0. The molecule has 18 aromatic carbocycles. The van der Waals surface area contributed by atoms with Crippen LogP contribution in [0.25, 0.3) is 229 Å². The van der Waals surface area contributed by atoms with Crippen molar-refractivity contribution in [1.29, 1.82) is 0 Å². The second-order valence-electron chi connectivity index (χ2n) is 31.3. The monoisotopic (exact) mass is 1600 g/mol. The van der Waals surface area contributed by atoms with E-state index in [4.69, 9.17) is 39.9 Å². The number of aromatic nitrogens is 11. The summed E-state index contributed by atoms with van der Waals surface area (Å²) in [6.45, 7) is 0. The van der Waals surface area contributed by atoms with Gasteiger partial charge in [0.15, 0.2) is 40.8 Å². The Morgan fingerprint density at radius 2 is 0.480 bits per heavy atom. The molecular weight excluding hydrogens is 1520 g/mol. The Kier molecular flexibility index (Phi) is 18.3. The molecule has 584 valence electrons. The maximum absolute atomic E-state index is 5.04. The molecule has 0 saturated heterocycles. The van der Waals surface area contributed by atoms with Crippen LogP contribution < -0.4 is 0 Å². The highest BCUT2D eigenvalue weighted by atomic mass is 15.1. The lowest BCUT2D eigenvalue weighted by Crippen LogP contribution is -2.00. The predicted molar refractivity (Wildman–Crippen MR) is 513 cm³/mol. The van der Waals surface area contributed by atoms with Crippen LogP contribution in [0, 0.1) is 0 Å². The third kappa shape index (κ3) is 13.3. The van der Waals surface area contributed by atoms with Crippen LogP contribution >= 0.6 is 0 Å². The van der Waals surface area contributed by atoms with E-state index in [9.17, 15) is 0 Å². The number of nitrogens with zero attached hydrogens (tertiary/aromatic N) is 11. The molecule has 1 aliphatic rings. The van der Waals surface area contributed by atoms with Crippen molar-refractivity contribution in [1.82, 2.24) is 53.6 Å². The van der Waals surface area contributed by atoms with E-state index < -0.39 is 0 Å². The van der Waals surface area contributed by atoms with E-state index in [1.807, 2.05) is 158 Å². The van der Waals surface area contributed by atoms with Crippen molar-refractivity contribution in [3.05, 3.63) is 443 Å². The topological polar surface area (TPSA) is 118 Å². The minimum Gasteiger partial charge on any atom is -0.309 e. The lowest BCUT2D eigenvalue weighted by molar-refractivity contribution is 1.07. The first-order valence-electron chi connectivity index (χ1n) is 42.0. The molecule has 0 radical (unpaired) electrons. The van der Waals surface area contributed by atoms with Gasteiger partial charge in [0.05, 0.1) is 44.5 Å². The maximum atomic E-state index is 5.04. The van der Waals surface area contributed by atoms with E-state index in [0.29, 0.717) is 40.8 Å². The van der Waals surface area contributed by atoms with Gasteiger partial charge in [-0.2, -0.15) is 0 Å². The highest BCUT2D eigenvalue weighted by molar-refractivity contribution is 6.29. The van der Waals surface area contributed by atoms with Crippen molar-refractivity contribution in [3.63, 3.8) is 0 Å². The lowest BCUT2D eigenvalue weighted by Gasteiger charge is -2.12. The van der Waals surface area contributed by atoms with Crippen molar-refractivity contribution >= 4 is 87.0 Å². The van der Waals surface area contributed by atoms with E-state index >= 15 is 0 Å². The van der Waals surface area contributed by atoms with Gasteiger partial charge in [-0.3, -0.25) is 0 Å². The van der Waals surface area contributed by atoms with Crippen molar-refractivity contribution in [2.24, 2.45) is 0 Å². The van der Waals surface area contributed by atoms with Crippen LogP contribution in [0.2, 0.25) is 0 Å². The quantitative estimate of drug-likeness (QED) is 0.119. The second kappa shape index (κ2) is 31.3. The highest BCUT2D eigenvalue weighted by Crippen LogP contribution is 2.52. The Morgan fingerprint density at radius 1 is 0.152 bits per heavy atom. The Morgan fingerprint density at radius 3 is 0.968 bits per heavy atom. The van der Waals surface area contributed by atoms with Gasteiger partial charge < -0.3 is 13.7 Å². The molecule has 0 saturated carbocycles. The molecule has 0 bridgehead atoms. The molecule has 1 aliphatic carbocycles. The average molecular weight is 1600 g/mol. The Labute approximate surface area is 720 Å². The second-order valence-corrected chi connectivity index (χ2v) is 31.3.